The van der Waals surface area contributed by atoms with E-state index in [-0.39, 0.29) is 29.3 Å². The zero-order valence-corrected chi connectivity index (χ0v) is 19.0. The highest BCUT2D eigenvalue weighted by molar-refractivity contribution is 5.98. The number of aromatic nitrogens is 4. The number of fused-ring (bicyclic) bond motifs is 1. The molecule has 0 radical (unpaired) electrons. The Labute approximate surface area is 196 Å². The molecule has 1 amide bonds. The number of nitrogens with two attached hydrogens (primary N) is 1. The highest BCUT2D eigenvalue weighted by Crippen LogP contribution is 2.32. The summed E-state index contributed by atoms with van der Waals surface area (Å²) in [5, 5.41) is 0. The third-order valence-electron chi connectivity index (χ3n) is 6.20. The first kappa shape index (κ1) is 22.0. The van der Waals surface area contributed by atoms with E-state index in [0.29, 0.717) is 30.1 Å². The van der Waals surface area contributed by atoms with Crippen LogP contribution in [0.15, 0.2) is 48.8 Å². The van der Waals surface area contributed by atoms with Crippen molar-refractivity contribution in [3.8, 4) is 22.5 Å². The van der Waals surface area contributed by atoms with Gasteiger partial charge in [0.2, 0.25) is 0 Å². The highest BCUT2D eigenvalue weighted by Gasteiger charge is 2.32. The van der Waals surface area contributed by atoms with E-state index >= 15 is 0 Å². The first-order valence-electron chi connectivity index (χ1n) is 11.1. The van der Waals surface area contributed by atoms with Crippen LogP contribution in [-0.4, -0.2) is 56.5 Å². The Bertz CT molecular complexity index is 1370. The van der Waals surface area contributed by atoms with Crippen LogP contribution in [0.25, 0.3) is 28.2 Å². The standard InChI is InChI=1S/C25H25FN6O2/c1-15-12-28-20-10-7-17(13-32(15)20)22-21(16-5-8-18(26)9-6-16)30-24(27)23(29-22)25(33)31-11-3-4-19(31)14-34-2/h5-10,12-13,19H,3-4,11,14H2,1-2H3,(H2,27,30)/t19-/m0/s1. The SMILES string of the molecule is COC[C@@H]1CCCN1C(=O)c1nc(-c2ccc3ncc(C)n3c2)c(-c2ccc(F)cc2)nc1N. The van der Waals surface area contributed by atoms with Gasteiger partial charge < -0.3 is 19.8 Å². The monoisotopic (exact) mass is 460 g/mol. The summed E-state index contributed by atoms with van der Waals surface area (Å²) in [6, 6.07) is 9.71. The minimum absolute atomic E-state index is 0.0242. The highest BCUT2D eigenvalue weighted by atomic mass is 19.1. The molecule has 1 aliphatic rings. The molecule has 2 N–H and O–H groups in total. The number of nitrogen functional groups attached to an aromatic ring is 1. The maximum atomic E-state index is 13.6. The van der Waals surface area contributed by atoms with Crippen molar-refractivity contribution in [1.82, 2.24) is 24.3 Å². The number of ether oxygens (including phenoxy) is 1. The van der Waals surface area contributed by atoms with Crippen LogP contribution >= 0.6 is 0 Å². The van der Waals surface area contributed by atoms with Crippen LogP contribution in [0.5, 0.6) is 0 Å². The van der Waals surface area contributed by atoms with Crippen molar-refractivity contribution in [3.05, 3.63) is 66.0 Å². The van der Waals surface area contributed by atoms with Gasteiger partial charge in [-0.1, -0.05) is 0 Å². The summed E-state index contributed by atoms with van der Waals surface area (Å²) >= 11 is 0. The van der Waals surface area contributed by atoms with E-state index in [9.17, 15) is 9.18 Å². The molecule has 3 aromatic heterocycles. The third-order valence-corrected chi connectivity index (χ3v) is 6.20. The predicted molar refractivity (Wildman–Crippen MR) is 127 cm³/mol. The fourth-order valence-corrected chi connectivity index (χ4v) is 4.46. The molecular formula is C25H25FN6O2. The fraction of sp³-hybridized carbons (Fsp3) is 0.280. The first-order chi connectivity index (χ1) is 16.5. The van der Waals surface area contributed by atoms with Gasteiger partial charge in [-0.2, -0.15) is 0 Å². The molecule has 5 rings (SSSR count). The number of likely N-dealkylation sites (tertiary alicyclic amines) is 1. The number of hydrogen-bond donors (Lipinski definition) is 1. The quantitative estimate of drug-likeness (QED) is 0.487. The molecule has 4 aromatic rings. The Balaban J connectivity index is 1.67. The van der Waals surface area contributed by atoms with Crippen molar-refractivity contribution in [2.45, 2.75) is 25.8 Å². The average Bonchev–Trinajstić information content (AvgIpc) is 3.46. The van der Waals surface area contributed by atoms with Crippen LogP contribution in [-0.2, 0) is 4.74 Å². The number of anilines is 1. The average molecular weight is 461 g/mol. The number of halogens is 1. The second-order valence-corrected chi connectivity index (χ2v) is 8.46. The van der Waals surface area contributed by atoms with Gasteiger partial charge in [0.25, 0.3) is 5.91 Å². The molecule has 4 heterocycles. The van der Waals surface area contributed by atoms with Crippen LogP contribution in [0.1, 0.15) is 29.0 Å². The Morgan fingerprint density at radius 3 is 2.65 bits per heavy atom. The van der Waals surface area contributed by atoms with Gasteiger partial charge in [-0.15, -0.1) is 0 Å². The lowest BCUT2D eigenvalue weighted by atomic mass is 10.0. The van der Waals surface area contributed by atoms with E-state index in [2.05, 4.69) is 9.97 Å². The Morgan fingerprint density at radius 2 is 1.88 bits per heavy atom. The number of aryl methyl sites for hydroxylation is 1. The second kappa shape index (κ2) is 8.83. The number of imidazole rings is 1. The van der Waals surface area contributed by atoms with Crippen LogP contribution in [0, 0.1) is 12.7 Å². The van der Waals surface area contributed by atoms with E-state index in [4.69, 9.17) is 15.5 Å². The van der Waals surface area contributed by atoms with E-state index in [1.54, 1.807) is 30.3 Å². The van der Waals surface area contributed by atoms with Gasteiger partial charge in [0.15, 0.2) is 11.5 Å². The Kier molecular flexibility index (Phi) is 5.70. The summed E-state index contributed by atoms with van der Waals surface area (Å²) in [7, 11) is 1.62. The lowest BCUT2D eigenvalue weighted by molar-refractivity contribution is 0.0626. The molecule has 0 aliphatic carbocycles. The zero-order chi connectivity index (χ0) is 23.8. The van der Waals surface area contributed by atoms with Crippen LogP contribution in [0.2, 0.25) is 0 Å². The fourth-order valence-electron chi connectivity index (χ4n) is 4.46. The maximum absolute atomic E-state index is 13.6. The lowest BCUT2D eigenvalue weighted by Crippen LogP contribution is -2.39. The minimum Gasteiger partial charge on any atom is -0.383 e. The molecule has 1 atom stereocenters. The number of nitrogens with zero attached hydrogens (tertiary/aromatic N) is 5. The molecule has 1 aromatic carbocycles. The minimum atomic E-state index is -0.355. The number of pyridine rings is 1. The molecule has 0 saturated carbocycles. The van der Waals surface area contributed by atoms with Crippen molar-refractivity contribution in [1.29, 1.82) is 0 Å². The summed E-state index contributed by atoms with van der Waals surface area (Å²) in [5.74, 6) is -0.584. The molecule has 0 spiro atoms. The number of amides is 1. The summed E-state index contributed by atoms with van der Waals surface area (Å²) in [6.07, 6.45) is 5.45. The largest absolute Gasteiger partial charge is 0.383 e. The molecule has 8 nitrogen and oxygen atoms in total. The van der Waals surface area contributed by atoms with Gasteiger partial charge in [0.1, 0.15) is 11.5 Å². The number of methoxy groups -OCH3 is 1. The maximum Gasteiger partial charge on any atom is 0.276 e. The van der Waals surface area contributed by atoms with Gasteiger partial charge in [0, 0.05) is 42.9 Å². The normalized spacial score (nSPS) is 15.9. The van der Waals surface area contributed by atoms with Crippen molar-refractivity contribution >= 4 is 17.4 Å². The van der Waals surface area contributed by atoms with Gasteiger partial charge in [-0.25, -0.2) is 19.3 Å². The van der Waals surface area contributed by atoms with Crippen molar-refractivity contribution in [2.24, 2.45) is 0 Å². The van der Waals surface area contributed by atoms with E-state index in [1.807, 2.05) is 29.7 Å². The van der Waals surface area contributed by atoms with Gasteiger partial charge in [-0.3, -0.25) is 4.79 Å². The Hall–Kier alpha value is -3.85. The zero-order valence-electron chi connectivity index (χ0n) is 19.0. The topological polar surface area (TPSA) is 98.6 Å². The van der Waals surface area contributed by atoms with E-state index in [1.165, 1.54) is 12.1 Å². The first-order valence-corrected chi connectivity index (χ1v) is 11.1. The smallest absolute Gasteiger partial charge is 0.276 e. The van der Waals surface area contributed by atoms with Gasteiger partial charge in [-0.05, 0) is 56.2 Å². The van der Waals surface area contributed by atoms with Crippen molar-refractivity contribution < 1.29 is 13.9 Å². The second-order valence-electron chi connectivity index (χ2n) is 8.46. The van der Waals surface area contributed by atoms with Crippen LogP contribution in [0.3, 0.4) is 0 Å². The molecule has 0 unspecified atom stereocenters. The summed E-state index contributed by atoms with van der Waals surface area (Å²) in [5.41, 5.74) is 10.5. The Morgan fingerprint density at radius 1 is 1.15 bits per heavy atom. The number of rotatable bonds is 5. The van der Waals surface area contributed by atoms with Crippen molar-refractivity contribution in [2.75, 3.05) is 26.0 Å². The van der Waals surface area contributed by atoms with Crippen LogP contribution < -0.4 is 5.73 Å². The lowest BCUT2D eigenvalue weighted by Gasteiger charge is -2.24. The van der Waals surface area contributed by atoms with E-state index in [0.717, 1.165) is 29.7 Å². The van der Waals surface area contributed by atoms with Gasteiger partial charge >= 0.3 is 0 Å². The molecule has 0 bridgehead atoms. The van der Waals surface area contributed by atoms with Crippen molar-refractivity contribution in [3.63, 3.8) is 0 Å². The summed E-state index contributed by atoms with van der Waals surface area (Å²) < 4.78 is 20.8. The molecule has 9 heteroatoms. The molecular weight excluding hydrogens is 435 g/mol. The molecule has 1 aliphatic heterocycles. The molecule has 34 heavy (non-hydrogen) atoms. The summed E-state index contributed by atoms with van der Waals surface area (Å²) in [4.78, 5) is 29.0. The molecule has 174 valence electrons. The number of carbonyl (C=O) groups is 1. The predicted octanol–water partition coefficient (Wildman–Crippen LogP) is 3.74. The molecule has 1 saturated heterocycles. The number of hydrogen-bond acceptors (Lipinski definition) is 6. The molecule has 1 fully saturated rings. The van der Waals surface area contributed by atoms with Crippen LogP contribution in [0.4, 0.5) is 10.2 Å². The van der Waals surface area contributed by atoms with E-state index < -0.39 is 0 Å². The number of benzene rings is 1. The number of carbonyl (C=O) groups excluding carboxylic acids is 1. The summed E-state index contributed by atoms with van der Waals surface area (Å²) in [6.45, 7) is 3.02. The van der Waals surface area contributed by atoms with Gasteiger partial charge in [0.05, 0.1) is 24.0 Å². The third kappa shape index (κ3) is 3.88.